The molecule has 0 saturated carbocycles. The maximum atomic E-state index is 5.84. The van der Waals surface area contributed by atoms with E-state index in [0.29, 0.717) is 5.92 Å². The first-order chi connectivity index (χ1) is 9.74. The van der Waals surface area contributed by atoms with Crippen LogP contribution in [0.4, 0.5) is 0 Å². The highest BCUT2D eigenvalue weighted by Crippen LogP contribution is 2.21. The summed E-state index contributed by atoms with van der Waals surface area (Å²) < 4.78 is 5.84. The second-order valence-electron chi connectivity index (χ2n) is 5.41. The Hall–Kier alpha value is -1.80. The molecule has 2 heteroatoms. The summed E-state index contributed by atoms with van der Waals surface area (Å²) in [5.41, 5.74) is 1.30. The van der Waals surface area contributed by atoms with E-state index in [2.05, 4.69) is 37.4 Å². The molecule has 0 atom stereocenters. The van der Waals surface area contributed by atoms with E-state index in [0.717, 1.165) is 31.0 Å². The topological polar surface area (TPSA) is 21.3 Å². The van der Waals surface area contributed by atoms with Crippen LogP contribution in [0.15, 0.2) is 54.6 Å². The van der Waals surface area contributed by atoms with Crippen molar-refractivity contribution in [2.75, 3.05) is 13.1 Å². The first-order valence-corrected chi connectivity index (χ1v) is 7.26. The Labute approximate surface area is 121 Å². The van der Waals surface area contributed by atoms with Crippen molar-refractivity contribution in [1.82, 2.24) is 5.32 Å². The van der Waals surface area contributed by atoms with Crippen LogP contribution in [-0.4, -0.2) is 13.1 Å². The first kappa shape index (κ1) is 14.6. The molecule has 0 heterocycles. The van der Waals surface area contributed by atoms with Crippen LogP contribution in [0.3, 0.4) is 0 Å². The number of para-hydroxylation sites is 1. The minimum Gasteiger partial charge on any atom is -0.457 e. The Balaban J connectivity index is 1.88. The number of rotatable bonds is 7. The molecule has 0 radical (unpaired) electrons. The fourth-order valence-corrected chi connectivity index (χ4v) is 2.01. The fraction of sp³-hybridized carbons (Fsp3) is 0.333. The van der Waals surface area contributed by atoms with Crippen molar-refractivity contribution >= 4 is 0 Å². The molecule has 2 aromatic carbocycles. The predicted octanol–water partition coefficient (Wildman–Crippen LogP) is 4.27. The molecule has 1 N–H and O–H groups in total. The maximum absolute atomic E-state index is 5.84. The summed E-state index contributed by atoms with van der Waals surface area (Å²) in [4.78, 5) is 0. The lowest BCUT2D eigenvalue weighted by molar-refractivity contribution is 0.481. The van der Waals surface area contributed by atoms with Gasteiger partial charge in [-0.2, -0.15) is 0 Å². The summed E-state index contributed by atoms with van der Waals surface area (Å²) in [5.74, 6) is 2.47. The standard InChI is InChI=1S/C18H23NO/c1-15(2)14-19-12-11-16-7-6-10-18(13-16)20-17-8-4-3-5-9-17/h3-10,13,15,19H,11-12,14H2,1-2H3. The highest BCUT2D eigenvalue weighted by atomic mass is 16.5. The molecular formula is C18H23NO. The van der Waals surface area contributed by atoms with Crippen LogP contribution in [0.2, 0.25) is 0 Å². The Kier molecular flexibility index (Phi) is 5.63. The summed E-state index contributed by atoms with van der Waals surface area (Å²) in [6, 6.07) is 18.2. The molecule has 2 aromatic rings. The van der Waals surface area contributed by atoms with E-state index in [1.54, 1.807) is 0 Å². The third kappa shape index (κ3) is 5.06. The molecule has 0 unspecified atom stereocenters. The van der Waals surface area contributed by atoms with Gasteiger partial charge < -0.3 is 10.1 Å². The molecule has 0 saturated heterocycles. The molecule has 0 bridgehead atoms. The molecule has 0 spiro atoms. The van der Waals surface area contributed by atoms with Crippen LogP contribution in [0, 0.1) is 5.92 Å². The van der Waals surface area contributed by atoms with Crippen molar-refractivity contribution in [2.45, 2.75) is 20.3 Å². The summed E-state index contributed by atoms with van der Waals surface area (Å²) in [7, 11) is 0. The van der Waals surface area contributed by atoms with E-state index in [4.69, 9.17) is 4.74 Å². The van der Waals surface area contributed by atoms with Crippen LogP contribution in [0.1, 0.15) is 19.4 Å². The van der Waals surface area contributed by atoms with Gasteiger partial charge in [0.25, 0.3) is 0 Å². The molecule has 0 fully saturated rings. The van der Waals surface area contributed by atoms with Crippen molar-refractivity contribution in [2.24, 2.45) is 5.92 Å². The second kappa shape index (κ2) is 7.71. The minimum absolute atomic E-state index is 0.697. The van der Waals surface area contributed by atoms with E-state index in [1.165, 1.54) is 5.56 Å². The number of benzene rings is 2. The maximum Gasteiger partial charge on any atom is 0.127 e. The molecule has 106 valence electrons. The van der Waals surface area contributed by atoms with Gasteiger partial charge in [0.15, 0.2) is 0 Å². The van der Waals surface area contributed by atoms with Crippen LogP contribution >= 0.6 is 0 Å². The summed E-state index contributed by atoms with van der Waals surface area (Å²) in [5, 5.41) is 3.46. The lowest BCUT2D eigenvalue weighted by Gasteiger charge is -2.09. The van der Waals surface area contributed by atoms with E-state index in [1.807, 2.05) is 36.4 Å². The number of hydrogen-bond acceptors (Lipinski definition) is 2. The number of hydrogen-bond donors (Lipinski definition) is 1. The largest absolute Gasteiger partial charge is 0.457 e. The van der Waals surface area contributed by atoms with Gasteiger partial charge >= 0.3 is 0 Å². The van der Waals surface area contributed by atoms with Gasteiger partial charge in [-0.3, -0.25) is 0 Å². The molecule has 0 aliphatic rings. The normalized spacial score (nSPS) is 10.8. The summed E-state index contributed by atoms with van der Waals surface area (Å²) in [6.45, 7) is 6.52. The quantitative estimate of drug-likeness (QED) is 0.758. The van der Waals surface area contributed by atoms with Crippen molar-refractivity contribution in [3.05, 3.63) is 60.2 Å². The SMILES string of the molecule is CC(C)CNCCc1cccc(Oc2ccccc2)c1. The zero-order valence-corrected chi connectivity index (χ0v) is 12.3. The van der Waals surface area contributed by atoms with Gasteiger partial charge in [0.1, 0.15) is 11.5 Å². The van der Waals surface area contributed by atoms with Crippen molar-refractivity contribution in [3.63, 3.8) is 0 Å². The van der Waals surface area contributed by atoms with E-state index >= 15 is 0 Å². The molecule has 0 aliphatic heterocycles. The Bertz CT molecular complexity index is 508. The van der Waals surface area contributed by atoms with Gasteiger partial charge in [-0.15, -0.1) is 0 Å². The van der Waals surface area contributed by atoms with E-state index in [-0.39, 0.29) is 0 Å². The lowest BCUT2D eigenvalue weighted by atomic mass is 10.1. The predicted molar refractivity (Wildman–Crippen MR) is 84.4 cm³/mol. The smallest absolute Gasteiger partial charge is 0.127 e. The Morgan fingerprint density at radius 2 is 1.70 bits per heavy atom. The van der Waals surface area contributed by atoms with E-state index < -0.39 is 0 Å². The van der Waals surface area contributed by atoms with Crippen LogP contribution in [-0.2, 0) is 6.42 Å². The lowest BCUT2D eigenvalue weighted by Crippen LogP contribution is -2.22. The zero-order chi connectivity index (χ0) is 14.2. The van der Waals surface area contributed by atoms with Gasteiger partial charge in [-0.1, -0.05) is 44.2 Å². The Morgan fingerprint density at radius 3 is 2.45 bits per heavy atom. The molecule has 20 heavy (non-hydrogen) atoms. The van der Waals surface area contributed by atoms with Gasteiger partial charge in [0, 0.05) is 0 Å². The minimum atomic E-state index is 0.697. The van der Waals surface area contributed by atoms with Crippen molar-refractivity contribution in [3.8, 4) is 11.5 Å². The highest BCUT2D eigenvalue weighted by Gasteiger charge is 1.99. The fourth-order valence-electron chi connectivity index (χ4n) is 2.01. The third-order valence-electron chi connectivity index (χ3n) is 3.02. The van der Waals surface area contributed by atoms with Crippen LogP contribution < -0.4 is 10.1 Å². The van der Waals surface area contributed by atoms with Gasteiger partial charge in [-0.05, 0) is 55.3 Å². The average molecular weight is 269 g/mol. The first-order valence-electron chi connectivity index (χ1n) is 7.26. The second-order valence-corrected chi connectivity index (χ2v) is 5.41. The van der Waals surface area contributed by atoms with E-state index in [9.17, 15) is 0 Å². The molecule has 2 nitrogen and oxygen atoms in total. The van der Waals surface area contributed by atoms with Crippen molar-refractivity contribution < 1.29 is 4.74 Å². The average Bonchev–Trinajstić information content (AvgIpc) is 2.45. The monoisotopic (exact) mass is 269 g/mol. The molecule has 0 aromatic heterocycles. The molecular weight excluding hydrogens is 246 g/mol. The molecule has 0 amide bonds. The molecule has 2 rings (SSSR count). The van der Waals surface area contributed by atoms with Gasteiger partial charge in [0.05, 0.1) is 0 Å². The molecule has 0 aliphatic carbocycles. The zero-order valence-electron chi connectivity index (χ0n) is 12.3. The van der Waals surface area contributed by atoms with Crippen molar-refractivity contribution in [1.29, 1.82) is 0 Å². The highest BCUT2D eigenvalue weighted by molar-refractivity contribution is 5.33. The Morgan fingerprint density at radius 1 is 0.950 bits per heavy atom. The van der Waals surface area contributed by atoms with Gasteiger partial charge in [-0.25, -0.2) is 0 Å². The van der Waals surface area contributed by atoms with Crippen LogP contribution in [0.25, 0.3) is 0 Å². The number of ether oxygens (including phenoxy) is 1. The van der Waals surface area contributed by atoms with Crippen LogP contribution in [0.5, 0.6) is 11.5 Å². The summed E-state index contributed by atoms with van der Waals surface area (Å²) >= 11 is 0. The summed E-state index contributed by atoms with van der Waals surface area (Å²) in [6.07, 6.45) is 1.03. The third-order valence-corrected chi connectivity index (χ3v) is 3.02. The number of nitrogens with one attached hydrogen (secondary N) is 1. The van der Waals surface area contributed by atoms with Gasteiger partial charge in [0.2, 0.25) is 0 Å².